The zero-order valence-corrected chi connectivity index (χ0v) is 10.0. The van der Waals surface area contributed by atoms with Crippen LogP contribution in [0.2, 0.25) is 0 Å². The van der Waals surface area contributed by atoms with Gasteiger partial charge in [-0.05, 0) is 31.0 Å². The van der Waals surface area contributed by atoms with E-state index in [4.69, 9.17) is 4.74 Å². The molecule has 0 amide bonds. The first-order valence-corrected chi connectivity index (χ1v) is 5.59. The number of nitrogens with one attached hydrogen (secondary N) is 1. The number of ether oxygens (including phenoxy) is 1. The summed E-state index contributed by atoms with van der Waals surface area (Å²) in [7, 11) is 1.72. The van der Waals surface area contributed by atoms with Crippen LogP contribution in [0.1, 0.15) is 18.1 Å². The Balaban J connectivity index is 2.49. The Morgan fingerprint density at radius 3 is 2.93 bits per heavy atom. The fourth-order valence-corrected chi connectivity index (χ4v) is 2.44. The highest BCUT2D eigenvalue weighted by molar-refractivity contribution is 9.10. The lowest BCUT2D eigenvalue weighted by Crippen LogP contribution is -2.33. The molecule has 0 saturated heterocycles. The van der Waals surface area contributed by atoms with Crippen molar-refractivity contribution in [3.05, 3.63) is 27.7 Å². The van der Waals surface area contributed by atoms with E-state index in [9.17, 15) is 0 Å². The molecule has 0 fully saturated rings. The Morgan fingerprint density at radius 1 is 1.43 bits per heavy atom. The number of rotatable bonds is 1. The highest BCUT2D eigenvalue weighted by Crippen LogP contribution is 2.32. The first-order chi connectivity index (χ1) is 6.72. The van der Waals surface area contributed by atoms with Crippen molar-refractivity contribution in [3.8, 4) is 5.75 Å². The first kappa shape index (κ1) is 9.99. The van der Waals surface area contributed by atoms with Gasteiger partial charge in [0.15, 0.2) is 0 Å². The van der Waals surface area contributed by atoms with Crippen LogP contribution in [-0.4, -0.2) is 13.2 Å². The molecule has 14 heavy (non-hydrogen) atoms. The van der Waals surface area contributed by atoms with Gasteiger partial charge in [0, 0.05) is 22.6 Å². The second-order valence-corrected chi connectivity index (χ2v) is 4.55. The van der Waals surface area contributed by atoms with E-state index in [1.54, 1.807) is 7.11 Å². The molecule has 1 aromatic carbocycles. The van der Waals surface area contributed by atoms with Gasteiger partial charge < -0.3 is 10.1 Å². The molecular weight excluding hydrogens is 242 g/mol. The third kappa shape index (κ3) is 1.66. The summed E-state index contributed by atoms with van der Waals surface area (Å²) in [6.45, 7) is 3.11. The quantitative estimate of drug-likeness (QED) is 0.833. The van der Waals surface area contributed by atoms with Crippen LogP contribution in [0.3, 0.4) is 0 Å². The highest BCUT2D eigenvalue weighted by atomic mass is 79.9. The Kier molecular flexibility index (Phi) is 2.79. The van der Waals surface area contributed by atoms with Crippen LogP contribution in [0.25, 0.3) is 0 Å². The van der Waals surface area contributed by atoms with Crippen molar-refractivity contribution < 1.29 is 4.74 Å². The average Bonchev–Trinajstić information content (AvgIpc) is 2.19. The van der Waals surface area contributed by atoms with Gasteiger partial charge in [0.25, 0.3) is 0 Å². The van der Waals surface area contributed by atoms with E-state index in [1.165, 1.54) is 15.6 Å². The van der Waals surface area contributed by atoms with Crippen LogP contribution >= 0.6 is 15.9 Å². The lowest BCUT2D eigenvalue weighted by Gasteiger charge is -2.25. The van der Waals surface area contributed by atoms with Crippen LogP contribution in [0, 0.1) is 0 Å². The van der Waals surface area contributed by atoms with Crippen LogP contribution < -0.4 is 10.1 Å². The second-order valence-electron chi connectivity index (χ2n) is 3.69. The Labute approximate surface area is 92.8 Å². The normalized spacial score (nSPS) is 20.4. The molecule has 2 rings (SSSR count). The summed E-state index contributed by atoms with van der Waals surface area (Å²) >= 11 is 3.59. The van der Waals surface area contributed by atoms with E-state index in [0.717, 1.165) is 18.7 Å². The van der Waals surface area contributed by atoms with Crippen LogP contribution in [0.5, 0.6) is 5.75 Å². The van der Waals surface area contributed by atoms with E-state index >= 15 is 0 Å². The largest absolute Gasteiger partial charge is 0.496 e. The summed E-state index contributed by atoms with van der Waals surface area (Å²) in [5.41, 5.74) is 2.68. The molecule has 0 saturated carbocycles. The van der Waals surface area contributed by atoms with E-state index in [2.05, 4.69) is 34.2 Å². The van der Waals surface area contributed by atoms with Crippen molar-refractivity contribution in [2.45, 2.75) is 25.9 Å². The third-order valence-corrected chi connectivity index (χ3v) is 3.43. The van der Waals surface area contributed by atoms with Gasteiger partial charge in [-0.25, -0.2) is 0 Å². The molecule has 1 atom stereocenters. The van der Waals surface area contributed by atoms with Gasteiger partial charge in [-0.2, -0.15) is 0 Å². The lowest BCUT2D eigenvalue weighted by molar-refractivity contribution is 0.399. The molecule has 3 heteroatoms. The topological polar surface area (TPSA) is 21.3 Å². The first-order valence-electron chi connectivity index (χ1n) is 4.80. The molecule has 0 aromatic heterocycles. The minimum Gasteiger partial charge on any atom is -0.496 e. The molecule has 0 radical (unpaired) electrons. The zero-order chi connectivity index (χ0) is 10.1. The lowest BCUT2D eigenvalue weighted by atomic mass is 9.96. The van der Waals surface area contributed by atoms with E-state index in [-0.39, 0.29) is 0 Å². The Bertz CT molecular complexity index is 351. The number of hydrogen-bond donors (Lipinski definition) is 1. The van der Waals surface area contributed by atoms with Gasteiger partial charge in [-0.15, -0.1) is 0 Å². The molecule has 1 unspecified atom stereocenters. The molecular formula is C11H14BrNO. The molecule has 0 aliphatic carbocycles. The highest BCUT2D eigenvalue weighted by Gasteiger charge is 2.19. The summed E-state index contributed by atoms with van der Waals surface area (Å²) in [5.74, 6) is 0.989. The van der Waals surface area contributed by atoms with Crippen LogP contribution in [0.15, 0.2) is 16.6 Å². The average molecular weight is 256 g/mol. The minimum absolute atomic E-state index is 0.547. The molecule has 1 aliphatic heterocycles. The van der Waals surface area contributed by atoms with E-state index in [0.29, 0.717) is 6.04 Å². The summed E-state index contributed by atoms with van der Waals surface area (Å²) in [6.07, 6.45) is 1.06. The third-order valence-electron chi connectivity index (χ3n) is 2.69. The number of hydrogen-bond acceptors (Lipinski definition) is 2. The monoisotopic (exact) mass is 255 g/mol. The second kappa shape index (κ2) is 3.91. The number of halogens is 1. The van der Waals surface area contributed by atoms with Gasteiger partial charge in [0.2, 0.25) is 0 Å². The summed E-state index contributed by atoms with van der Waals surface area (Å²) < 4.78 is 6.54. The smallest absolute Gasteiger partial charge is 0.123 e. The summed E-state index contributed by atoms with van der Waals surface area (Å²) in [5, 5.41) is 3.44. The number of benzene rings is 1. The predicted molar refractivity (Wildman–Crippen MR) is 60.7 cm³/mol. The maximum atomic E-state index is 5.34. The maximum absolute atomic E-state index is 5.34. The standard InChI is InChI=1S/C11H14BrNO/c1-7-5-8-9(6-13-7)11(14-2)4-3-10(8)12/h3-4,7,13H,5-6H2,1-2H3. The van der Waals surface area contributed by atoms with Gasteiger partial charge in [-0.1, -0.05) is 15.9 Å². The van der Waals surface area contributed by atoms with Gasteiger partial charge in [0.05, 0.1) is 7.11 Å². The van der Waals surface area contributed by atoms with Crippen molar-refractivity contribution >= 4 is 15.9 Å². The minimum atomic E-state index is 0.547. The fourth-order valence-electron chi connectivity index (χ4n) is 1.90. The SMILES string of the molecule is COc1ccc(Br)c2c1CNC(C)C2. The van der Waals surface area contributed by atoms with Gasteiger partial charge in [-0.3, -0.25) is 0 Å². The number of methoxy groups -OCH3 is 1. The molecule has 1 N–H and O–H groups in total. The van der Waals surface area contributed by atoms with Crippen molar-refractivity contribution in [1.82, 2.24) is 5.32 Å². The molecule has 0 spiro atoms. The molecule has 0 bridgehead atoms. The van der Waals surface area contributed by atoms with Gasteiger partial charge >= 0.3 is 0 Å². The van der Waals surface area contributed by atoms with E-state index in [1.807, 2.05) is 6.07 Å². The zero-order valence-electron chi connectivity index (χ0n) is 8.43. The molecule has 2 nitrogen and oxygen atoms in total. The van der Waals surface area contributed by atoms with E-state index < -0.39 is 0 Å². The maximum Gasteiger partial charge on any atom is 0.123 e. The van der Waals surface area contributed by atoms with Gasteiger partial charge in [0.1, 0.15) is 5.75 Å². The summed E-state index contributed by atoms with van der Waals surface area (Å²) in [4.78, 5) is 0. The Hall–Kier alpha value is -0.540. The van der Waals surface area contributed by atoms with Crippen molar-refractivity contribution in [3.63, 3.8) is 0 Å². The molecule has 1 heterocycles. The molecule has 1 aliphatic rings. The predicted octanol–water partition coefficient (Wildman–Crippen LogP) is 2.49. The summed E-state index contributed by atoms with van der Waals surface area (Å²) in [6, 6.07) is 4.63. The van der Waals surface area contributed by atoms with Crippen molar-refractivity contribution in [2.75, 3.05) is 7.11 Å². The fraction of sp³-hybridized carbons (Fsp3) is 0.455. The number of fused-ring (bicyclic) bond motifs is 1. The van der Waals surface area contributed by atoms with Crippen molar-refractivity contribution in [1.29, 1.82) is 0 Å². The van der Waals surface area contributed by atoms with Crippen molar-refractivity contribution in [2.24, 2.45) is 0 Å². The van der Waals surface area contributed by atoms with Crippen LogP contribution in [-0.2, 0) is 13.0 Å². The Morgan fingerprint density at radius 2 is 2.21 bits per heavy atom. The van der Waals surface area contributed by atoms with Crippen LogP contribution in [0.4, 0.5) is 0 Å². The molecule has 76 valence electrons. The molecule has 1 aromatic rings.